The van der Waals surface area contributed by atoms with E-state index in [1.165, 1.54) is 5.56 Å². The van der Waals surface area contributed by atoms with Crippen molar-refractivity contribution < 1.29 is 4.79 Å². The van der Waals surface area contributed by atoms with Crippen molar-refractivity contribution in [1.29, 1.82) is 0 Å². The lowest BCUT2D eigenvalue weighted by atomic mass is 10.1. The highest BCUT2D eigenvalue weighted by Crippen LogP contribution is 2.05. The third kappa shape index (κ3) is 4.13. The standard InChI is InChI=1S/C14H21N3O/c15-13-7-9-17(10-13)11-14(18)16-8-6-12-4-2-1-3-5-12/h1-5,13H,6-11,15H2,(H,16,18)/t13-/m1/s1. The van der Waals surface area contributed by atoms with E-state index in [1.807, 2.05) is 18.2 Å². The Morgan fingerprint density at radius 2 is 2.17 bits per heavy atom. The van der Waals surface area contributed by atoms with Crippen LogP contribution in [-0.4, -0.2) is 43.0 Å². The Hall–Kier alpha value is -1.39. The lowest BCUT2D eigenvalue weighted by molar-refractivity contribution is -0.121. The number of likely N-dealkylation sites (tertiary alicyclic amines) is 1. The monoisotopic (exact) mass is 247 g/mol. The fraction of sp³-hybridized carbons (Fsp3) is 0.500. The predicted molar refractivity (Wildman–Crippen MR) is 72.2 cm³/mol. The number of amides is 1. The summed E-state index contributed by atoms with van der Waals surface area (Å²) in [6.45, 7) is 2.95. The zero-order valence-electron chi connectivity index (χ0n) is 10.6. The van der Waals surface area contributed by atoms with Crippen LogP contribution in [0.15, 0.2) is 30.3 Å². The minimum absolute atomic E-state index is 0.0973. The van der Waals surface area contributed by atoms with E-state index in [-0.39, 0.29) is 11.9 Å². The minimum atomic E-state index is 0.0973. The summed E-state index contributed by atoms with van der Waals surface area (Å²) in [5, 5.41) is 2.95. The van der Waals surface area contributed by atoms with Gasteiger partial charge in [0.05, 0.1) is 6.54 Å². The van der Waals surface area contributed by atoms with Gasteiger partial charge < -0.3 is 11.1 Å². The van der Waals surface area contributed by atoms with Crippen LogP contribution in [-0.2, 0) is 11.2 Å². The summed E-state index contributed by atoms with van der Waals surface area (Å²) in [5.74, 6) is 0.0973. The molecular weight excluding hydrogens is 226 g/mol. The molecule has 18 heavy (non-hydrogen) atoms. The lowest BCUT2D eigenvalue weighted by Crippen LogP contribution is -2.38. The smallest absolute Gasteiger partial charge is 0.234 e. The number of nitrogens with zero attached hydrogens (tertiary/aromatic N) is 1. The summed E-state index contributed by atoms with van der Waals surface area (Å²) >= 11 is 0. The summed E-state index contributed by atoms with van der Waals surface area (Å²) < 4.78 is 0. The van der Waals surface area contributed by atoms with Gasteiger partial charge in [-0.1, -0.05) is 30.3 Å². The van der Waals surface area contributed by atoms with Crippen molar-refractivity contribution in [3.8, 4) is 0 Å². The topological polar surface area (TPSA) is 58.4 Å². The molecule has 1 amide bonds. The molecule has 0 aromatic heterocycles. The molecule has 98 valence electrons. The van der Waals surface area contributed by atoms with E-state index in [0.717, 1.165) is 25.9 Å². The molecule has 1 aliphatic rings. The molecule has 4 heteroatoms. The Kier molecular flexibility index (Phi) is 4.73. The van der Waals surface area contributed by atoms with Gasteiger partial charge in [0, 0.05) is 25.7 Å². The van der Waals surface area contributed by atoms with Crippen molar-refractivity contribution in [1.82, 2.24) is 10.2 Å². The van der Waals surface area contributed by atoms with E-state index in [1.54, 1.807) is 0 Å². The fourth-order valence-electron chi connectivity index (χ4n) is 2.26. The second kappa shape index (κ2) is 6.52. The Balaban J connectivity index is 1.63. The van der Waals surface area contributed by atoms with Crippen LogP contribution in [0.2, 0.25) is 0 Å². The molecule has 4 nitrogen and oxygen atoms in total. The summed E-state index contributed by atoms with van der Waals surface area (Å²) in [6.07, 6.45) is 1.88. The average molecular weight is 247 g/mol. The van der Waals surface area contributed by atoms with Gasteiger partial charge in [-0.25, -0.2) is 0 Å². The van der Waals surface area contributed by atoms with E-state index in [2.05, 4.69) is 22.3 Å². The number of carbonyl (C=O) groups is 1. The quantitative estimate of drug-likeness (QED) is 0.791. The van der Waals surface area contributed by atoms with Crippen LogP contribution in [0.3, 0.4) is 0 Å². The van der Waals surface area contributed by atoms with Crippen LogP contribution in [0, 0.1) is 0 Å². The van der Waals surface area contributed by atoms with Crippen molar-refractivity contribution in [2.45, 2.75) is 18.9 Å². The van der Waals surface area contributed by atoms with E-state index in [4.69, 9.17) is 5.73 Å². The summed E-state index contributed by atoms with van der Waals surface area (Å²) in [7, 11) is 0. The number of rotatable bonds is 5. The normalized spacial score (nSPS) is 19.9. The SMILES string of the molecule is N[C@@H]1CCN(CC(=O)NCCc2ccccc2)C1. The van der Waals surface area contributed by atoms with Crippen LogP contribution in [0.5, 0.6) is 0 Å². The van der Waals surface area contributed by atoms with Gasteiger partial charge in [-0.15, -0.1) is 0 Å². The summed E-state index contributed by atoms with van der Waals surface area (Å²) in [6, 6.07) is 10.4. The molecule has 3 N–H and O–H groups in total. The number of nitrogens with one attached hydrogen (secondary N) is 1. The summed E-state index contributed by atoms with van der Waals surface area (Å²) in [4.78, 5) is 13.8. The second-order valence-corrected chi connectivity index (χ2v) is 4.87. The lowest BCUT2D eigenvalue weighted by Gasteiger charge is -2.14. The van der Waals surface area contributed by atoms with Gasteiger partial charge in [0.1, 0.15) is 0 Å². The Morgan fingerprint density at radius 1 is 1.39 bits per heavy atom. The molecule has 1 atom stereocenters. The molecule has 1 aromatic rings. The van der Waals surface area contributed by atoms with Crippen molar-refractivity contribution in [3.63, 3.8) is 0 Å². The van der Waals surface area contributed by atoms with Crippen LogP contribution < -0.4 is 11.1 Å². The van der Waals surface area contributed by atoms with E-state index >= 15 is 0 Å². The van der Waals surface area contributed by atoms with Crippen molar-refractivity contribution in [2.75, 3.05) is 26.2 Å². The first-order valence-corrected chi connectivity index (χ1v) is 6.52. The maximum atomic E-state index is 11.7. The van der Waals surface area contributed by atoms with Crippen molar-refractivity contribution >= 4 is 5.91 Å². The zero-order chi connectivity index (χ0) is 12.8. The van der Waals surface area contributed by atoms with E-state index < -0.39 is 0 Å². The highest BCUT2D eigenvalue weighted by molar-refractivity contribution is 5.78. The van der Waals surface area contributed by atoms with Crippen molar-refractivity contribution in [3.05, 3.63) is 35.9 Å². The van der Waals surface area contributed by atoms with Crippen LogP contribution in [0.4, 0.5) is 0 Å². The van der Waals surface area contributed by atoms with Gasteiger partial charge in [0.25, 0.3) is 0 Å². The Bertz CT molecular complexity index is 380. The maximum Gasteiger partial charge on any atom is 0.234 e. The average Bonchev–Trinajstić information content (AvgIpc) is 2.76. The first-order chi connectivity index (χ1) is 8.74. The second-order valence-electron chi connectivity index (χ2n) is 4.87. The highest BCUT2D eigenvalue weighted by Gasteiger charge is 2.20. The van der Waals surface area contributed by atoms with E-state index in [9.17, 15) is 4.79 Å². The highest BCUT2D eigenvalue weighted by atomic mass is 16.2. The predicted octanol–water partition coefficient (Wildman–Crippen LogP) is 0.378. The zero-order valence-corrected chi connectivity index (χ0v) is 10.6. The third-order valence-corrected chi connectivity index (χ3v) is 3.25. The Morgan fingerprint density at radius 3 is 2.83 bits per heavy atom. The third-order valence-electron chi connectivity index (χ3n) is 3.25. The summed E-state index contributed by atoms with van der Waals surface area (Å²) in [5.41, 5.74) is 7.05. The molecule has 1 heterocycles. The van der Waals surface area contributed by atoms with Gasteiger partial charge in [-0.3, -0.25) is 9.69 Å². The molecular formula is C14H21N3O. The maximum absolute atomic E-state index is 11.7. The minimum Gasteiger partial charge on any atom is -0.355 e. The molecule has 2 rings (SSSR count). The van der Waals surface area contributed by atoms with Gasteiger partial charge >= 0.3 is 0 Å². The van der Waals surface area contributed by atoms with Crippen LogP contribution in [0.25, 0.3) is 0 Å². The van der Waals surface area contributed by atoms with E-state index in [0.29, 0.717) is 13.1 Å². The number of carbonyl (C=O) groups excluding carboxylic acids is 1. The fourth-order valence-corrected chi connectivity index (χ4v) is 2.26. The number of benzene rings is 1. The first kappa shape index (κ1) is 13.1. The molecule has 1 saturated heterocycles. The largest absolute Gasteiger partial charge is 0.355 e. The molecule has 0 aliphatic carbocycles. The van der Waals surface area contributed by atoms with Gasteiger partial charge in [0.2, 0.25) is 5.91 Å². The molecule has 0 saturated carbocycles. The molecule has 0 bridgehead atoms. The van der Waals surface area contributed by atoms with Gasteiger partial charge in [-0.05, 0) is 18.4 Å². The molecule has 1 aliphatic heterocycles. The van der Waals surface area contributed by atoms with Gasteiger partial charge in [-0.2, -0.15) is 0 Å². The number of hydrogen-bond donors (Lipinski definition) is 2. The molecule has 0 unspecified atom stereocenters. The molecule has 0 radical (unpaired) electrons. The Labute approximate surface area is 108 Å². The molecule has 1 aromatic carbocycles. The van der Waals surface area contributed by atoms with Gasteiger partial charge in [0.15, 0.2) is 0 Å². The molecule has 0 spiro atoms. The number of hydrogen-bond acceptors (Lipinski definition) is 3. The van der Waals surface area contributed by atoms with Crippen LogP contribution in [0.1, 0.15) is 12.0 Å². The first-order valence-electron chi connectivity index (χ1n) is 6.52. The van der Waals surface area contributed by atoms with Crippen molar-refractivity contribution in [2.24, 2.45) is 5.73 Å². The molecule has 1 fully saturated rings. The number of nitrogens with two attached hydrogens (primary N) is 1. The van der Waals surface area contributed by atoms with Crippen LogP contribution >= 0.6 is 0 Å².